The number of hydrogen-bond acceptors (Lipinski definition) is 3. The molecular formula is C11H14ClNO2. The molecule has 0 radical (unpaired) electrons. The van der Waals surface area contributed by atoms with Crippen molar-refractivity contribution in [2.24, 2.45) is 0 Å². The van der Waals surface area contributed by atoms with Gasteiger partial charge in [0.25, 0.3) is 0 Å². The Morgan fingerprint density at radius 1 is 1.53 bits per heavy atom. The van der Waals surface area contributed by atoms with Crippen LogP contribution in [-0.4, -0.2) is 33.6 Å². The van der Waals surface area contributed by atoms with Crippen molar-refractivity contribution >= 4 is 23.6 Å². The van der Waals surface area contributed by atoms with E-state index in [1.54, 1.807) is 25.3 Å². The molecular weight excluding hydrogens is 214 g/mol. The fourth-order valence-corrected chi connectivity index (χ4v) is 1.46. The fourth-order valence-electron chi connectivity index (χ4n) is 1.30. The first-order valence-corrected chi connectivity index (χ1v) is 5.01. The van der Waals surface area contributed by atoms with Crippen LogP contribution in [0.15, 0.2) is 18.2 Å². The molecule has 0 fully saturated rings. The lowest BCUT2D eigenvalue weighted by Crippen LogP contribution is -2.23. The number of benzene rings is 1. The predicted molar refractivity (Wildman–Crippen MR) is 62.0 cm³/mol. The van der Waals surface area contributed by atoms with Gasteiger partial charge in [-0.1, -0.05) is 11.6 Å². The van der Waals surface area contributed by atoms with Crippen molar-refractivity contribution in [3.8, 4) is 0 Å². The maximum atomic E-state index is 10.8. The normalized spacial score (nSPS) is 10.1. The molecule has 0 spiro atoms. The summed E-state index contributed by atoms with van der Waals surface area (Å²) in [7, 11) is 3.55. The van der Waals surface area contributed by atoms with E-state index < -0.39 is 0 Å². The minimum Gasteiger partial charge on any atom is -0.383 e. The summed E-state index contributed by atoms with van der Waals surface area (Å²) in [4.78, 5) is 12.8. The van der Waals surface area contributed by atoms with E-state index in [4.69, 9.17) is 16.3 Å². The molecule has 0 saturated heterocycles. The Morgan fingerprint density at radius 3 is 2.87 bits per heavy atom. The Bertz CT molecular complexity index is 341. The number of carbonyl (C=O) groups is 1. The van der Waals surface area contributed by atoms with Crippen LogP contribution in [0.4, 0.5) is 5.69 Å². The molecule has 0 aliphatic heterocycles. The van der Waals surface area contributed by atoms with Gasteiger partial charge >= 0.3 is 0 Å². The van der Waals surface area contributed by atoms with Crippen molar-refractivity contribution in [3.63, 3.8) is 0 Å². The number of anilines is 1. The van der Waals surface area contributed by atoms with Crippen LogP contribution >= 0.6 is 11.6 Å². The van der Waals surface area contributed by atoms with Crippen LogP contribution in [0.1, 0.15) is 10.4 Å². The van der Waals surface area contributed by atoms with Gasteiger partial charge < -0.3 is 9.64 Å². The third-order valence-electron chi connectivity index (χ3n) is 2.16. The number of nitrogens with zero attached hydrogens (tertiary/aromatic N) is 1. The van der Waals surface area contributed by atoms with Crippen LogP contribution in [-0.2, 0) is 4.74 Å². The van der Waals surface area contributed by atoms with Crippen molar-refractivity contribution in [1.82, 2.24) is 0 Å². The average Bonchev–Trinajstić information content (AvgIpc) is 2.25. The molecule has 0 saturated carbocycles. The second-order valence-electron chi connectivity index (χ2n) is 3.24. The Labute approximate surface area is 94.6 Å². The number of aldehydes is 1. The monoisotopic (exact) mass is 227 g/mol. The fraction of sp³-hybridized carbons (Fsp3) is 0.364. The summed E-state index contributed by atoms with van der Waals surface area (Å²) in [5.41, 5.74) is 1.47. The van der Waals surface area contributed by atoms with Crippen molar-refractivity contribution in [2.75, 3.05) is 32.2 Å². The molecule has 1 aromatic rings. The molecule has 82 valence electrons. The summed E-state index contributed by atoms with van der Waals surface area (Å²) in [6, 6.07) is 5.20. The highest BCUT2D eigenvalue weighted by Gasteiger charge is 2.07. The lowest BCUT2D eigenvalue weighted by molar-refractivity contribution is 0.112. The first-order chi connectivity index (χ1) is 7.19. The molecule has 0 aromatic heterocycles. The van der Waals surface area contributed by atoms with Gasteiger partial charge in [0.1, 0.15) is 0 Å². The standard InChI is InChI=1S/C11H14ClNO2/c1-13(5-6-15-2)11-7-10(12)4-3-9(11)8-14/h3-4,7-8H,5-6H2,1-2H3. The summed E-state index contributed by atoms with van der Waals surface area (Å²) in [5, 5.41) is 0.625. The van der Waals surface area contributed by atoms with E-state index >= 15 is 0 Å². The Kier molecular flexibility index (Phi) is 4.59. The highest BCUT2D eigenvalue weighted by atomic mass is 35.5. The molecule has 0 amide bonds. The average molecular weight is 228 g/mol. The molecule has 1 aromatic carbocycles. The van der Waals surface area contributed by atoms with Crippen molar-refractivity contribution in [3.05, 3.63) is 28.8 Å². The number of rotatable bonds is 5. The van der Waals surface area contributed by atoms with E-state index in [1.165, 1.54) is 0 Å². The lowest BCUT2D eigenvalue weighted by atomic mass is 10.2. The molecule has 15 heavy (non-hydrogen) atoms. The van der Waals surface area contributed by atoms with Crippen LogP contribution in [0, 0.1) is 0 Å². The molecule has 3 nitrogen and oxygen atoms in total. The highest BCUT2D eigenvalue weighted by Crippen LogP contribution is 2.22. The molecule has 1 rings (SSSR count). The van der Waals surface area contributed by atoms with Gasteiger partial charge in [0.05, 0.1) is 6.61 Å². The molecule has 0 aliphatic carbocycles. The summed E-state index contributed by atoms with van der Waals surface area (Å²) in [6.07, 6.45) is 0.828. The minimum absolute atomic E-state index is 0.612. The maximum Gasteiger partial charge on any atom is 0.152 e. The van der Waals surface area contributed by atoms with Gasteiger partial charge in [0, 0.05) is 37.0 Å². The topological polar surface area (TPSA) is 29.5 Å². The number of hydrogen-bond donors (Lipinski definition) is 0. The van der Waals surface area contributed by atoms with E-state index in [0.717, 1.165) is 18.5 Å². The second-order valence-corrected chi connectivity index (χ2v) is 3.67. The van der Waals surface area contributed by atoms with Gasteiger partial charge in [-0.05, 0) is 18.2 Å². The largest absolute Gasteiger partial charge is 0.383 e. The highest BCUT2D eigenvalue weighted by molar-refractivity contribution is 6.31. The third kappa shape index (κ3) is 3.22. The van der Waals surface area contributed by atoms with Crippen molar-refractivity contribution < 1.29 is 9.53 Å². The van der Waals surface area contributed by atoms with Gasteiger partial charge in [-0.15, -0.1) is 0 Å². The van der Waals surface area contributed by atoms with E-state index in [9.17, 15) is 4.79 Å². The number of methoxy groups -OCH3 is 1. The van der Waals surface area contributed by atoms with Crippen LogP contribution in [0.5, 0.6) is 0 Å². The second kappa shape index (κ2) is 5.73. The zero-order valence-electron chi connectivity index (χ0n) is 8.87. The van der Waals surface area contributed by atoms with Crippen LogP contribution in [0.3, 0.4) is 0 Å². The van der Waals surface area contributed by atoms with E-state index in [1.807, 2.05) is 11.9 Å². The van der Waals surface area contributed by atoms with Gasteiger partial charge in [-0.25, -0.2) is 0 Å². The number of ether oxygens (including phenoxy) is 1. The van der Waals surface area contributed by atoms with Crippen molar-refractivity contribution in [2.45, 2.75) is 0 Å². The minimum atomic E-state index is 0.612. The molecule has 0 aliphatic rings. The van der Waals surface area contributed by atoms with E-state index in [-0.39, 0.29) is 0 Å². The quantitative estimate of drug-likeness (QED) is 0.723. The van der Waals surface area contributed by atoms with Gasteiger partial charge in [-0.3, -0.25) is 4.79 Å². The number of likely N-dealkylation sites (N-methyl/N-ethyl adjacent to an activating group) is 1. The van der Waals surface area contributed by atoms with Gasteiger partial charge in [0.2, 0.25) is 0 Å². The molecule has 0 N–H and O–H groups in total. The van der Waals surface area contributed by atoms with E-state index in [2.05, 4.69) is 0 Å². The summed E-state index contributed by atoms with van der Waals surface area (Å²) >= 11 is 5.88. The van der Waals surface area contributed by atoms with Crippen LogP contribution < -0.4 is 4.90 Å². The molecule has 0 atom stereocenters. The van der Waals surface area contributed by atoms with Crippen molar-refractivity contribution in [1.29, 1.82) is 0 Å². The smallest absolute Gasteiger partial charge is 0.152 e. The summed E-state index contributed by atoms with van der Waals surface area (Å²) < 4.78 is 4.97. The Hall–Kier alpha value is -1.06. The van der Waals surface area contributed by atoms with Crippen LogP contribution in [0.25, 0.3) is 0 Å². The summed E-state index contributed by atoms with van der Waals surface area (Å²) in [6.45, 7) is 1.33. The molecule has 0 heterocycles. The zero-order chi connectivity index (χ0) is 11.3. The van der Waals surface area contributed by atoms with Crippen LogP contribution in [0.2, 0.25) is 5.02 Å². The predicted octanol–water partition coefficient (Wildman–Crippen LogP) is 2.24. The molecule has 0 bridgehead atoms. The first kappa shape index (κ1) is 12.0. The Morgan fingerprint density at radius 2 is 2.27 bits per heavy atom. The summed E-state index contributed by atoms with van der Waals surface area (Å²) in [5.74, 6) is 0. The van der Waals surface area contributed by atoms with Gasteiger partial charge in [-0.2, -0.15) is 0 Å². The first-order valence-electron chi connectivity index (χ1n) is 4.64. The molecule has 0 unspecified atom stereocenters. The zero-order valence-corrected chi connectivity index (χ0v) is 9.62. The lowest BCUT2D eigenvalue weighted by Gasteiger charge is -2.20. The Balaban J connectivity index is 2.89. The SMILES string of the molecule is COCCN(C)c1cc(Cl)ccc1C=O. The van der Waals surface area contributed by atoms with Gasteiger partial charge in [0.15, 0.2) is 6.29 Å². The number of halogens is 1. The third-order valence-corrected chi connectivity index (χ3v) is 2.40. The maximum absolute atomic E-state index is 10.8. The molecule has 4 heteroatoms. The number of carbonyl (C=O) groups excluding carboxylic acids is 1. The van der Waals surface area contributed by atoms with E-state index in [0.29, 0.717) is 17.2 Å².